The number of halogens is 1. The molecule has 6 heteroatoms. The second-order valence-electron chi connectivity index (χ2n) is 5.04. The lowest BCUT2D eigenvalue weighted by atomic mass is 10.2. The minimum Gasteiger partial charge on any atom is -0.508 e. The topological polar surface area (TPSA) is 55.8 Å². The second-order valence-corrected chi connectivity index (χ2v) is 5.45. The lowest BCUT2D eigenvalue weighted by molar-refractivity contribution is -0.132. The van der Waals surface area contributed by atoms with Gasteiger partial charge in [-0.05, 0) is 19.2 Å². The summed E-state index contributed by atoms with van der Waals surface area (Å²) >= 11 is 6.07. The van der Waals surface area contributed by atoms with E-state index in [-0.39, 0.29) is 11.7 Å². The molecule has 20 heavy (non-hydrogen) atoms. The number of likely N-dealkylation sites (N-methyl/N-ethyl adjacent to an activating group) is 1. The Labute approximate surface area is 124 Å². The Morgan fingerprint density at radius 3 is 2.80 bits per heavy atom. The Balaban J connectivity index is 1.91. The Morgan fingerprint density at radius 2 is 2.15 bits per heavy atom. The standard InChI is InChI=1S/C14H20ClN3O2/c1-17(9-11-12(15)3-2-4-13(11)19)10-14(20)18-7-5-16-6-8-18/h2-4,16,19H,5-10H2,1H3. The van der Waals surface area contributed by atoms with Gasteiger partial charge in [0.1, 0.15) is 5.75 Å². The van der Waals surface area contributed by atoms with Crippen molar-refractivity contribution < 1.29 is 9.90 Å². The van der Waals surface area contributed by atoms with Gasteiger partial charge in [-0.3, -0.25) is 9.69 Å². The van der Waals surface area contributed by atoms with Crippen molar-refractivity contribution in [2.24, 2.45) is 0 Å². The third-order valence-electron chi connectivity index (χ3n) is 3.40. The van der Waals surface area contributed by atoms with Gasteiger partial charge in [-0.15, -0.1) is 0 Å². The van der Waals surface area contributed by atoms with E-state index >= 15 is 0 Å². The summed E-state index contributed by atoms with van der Waals surface area (Å²) in [4.78, 5) is 15.9. The fourth-order valence-corrected chi connectivity index (χ4v) is 2.50. The highest BCUT2D eigenvalue weighted by atomic mass is 35.5. The van der Waals surface area contributed by atoms with Gasteiger partial charge in [0, 0.05) is 43.3 Å². The monoisotopic (exact) mass is 297 g/mol. The maximum atomic E-state index is 12.1. The zero-order valence-electron chi connectivity index (χ0n) is 11.6. The Bertz CT molecular complexity index is 455. The van der Waals surface area contributed by atoms with Crippen LogP contribution in [0.4, 0.5) is 0 Å². The van der Waals surface area contributed by atoms with Crippen molar-refractivity contribution in [1.29, 1.82) is 0 Å². The predicted molar refractivity (Wildman–Crippen MR) is 78.9 cm³/mol. The number of carbonyl (C=O) groups is 1. The normalized spacial score (nSPS) is 15.7. The van der Waals surface area contributed by atoms with Gasteiger partial charge in [0.15, 0.2) is 0 Å². The molecule has 0 atom stereocenters. The van der Waals surface area contributed by atoms with E-state index in [1.807, 2.05) is 16.8 Å². The van der Waals surface area contributed by atoms with Crippen LogP contribution < -0.4 is 5.32 Å². The molecule has 5 nitrogen and oxygen atoms in total. The fourth-order valence-electron chi connectivity index (χ4n) is 2.27. The van der Waals surface area contributed by atoms with Crippen LogP contribution in [-0.2, 0) is 11.3 Å². The van der Waals surface area contributed by atoms with Crippen LogP contribution in [0.1, 0.15) is 5.56 Å². The number of amides is 1. The molecule has 1 saturated heterocycles. The number of benzene rings is 1. The molecule has 0 saturated carbocycles. The second kappa shape index (κ2) is 6.92. The summed E-state index contributed by atoms with van der Waals surface area (Å²) in [6.45, 7) is 3.98. The summed E-state index contributed by atoms with van der Waals surface area (Å²) in [6.07, 6.45) is 0. The Morgan fingerprint density at radius 1 is 1.45 bits per heavy atom. The van der Waals surface area contributed by atoms with Gasteiger partial charge in [-0.25, -0.2) is 0 Å². The zero-order chi connectivity index (χ0) is 14.5. The lowest BCUT2D eigenvalue weighted by Crippen LogP contribution is -2.49. The average molecular weight is 298 g/mol. The van der Waals surface area contributed by atoms with E-state index in [2.05, 4.69) is 5.32 Å². The van der Waals surface area contributed by atoms with Crippen LogP contribution >= 0.6 is 11.6 Å². The third-order valence-corrected chi connectivity index (χ3v) is 3.75. The average Bonchev–Trinajstić information content (AvgIpc) is 2.44. The van der Waals surface area contributed by atoms with E-state index in [1.54, 1.807) is 18.2 Å². The molecule has 110 valence electrons. The molecular formula is C14H20ClN3O2. The zero-order valence-corrected chi connectivity index (χ0v) is 12.4. The summed E-state index contributed by atoms with van der Waals surface area (Å²) in [5.74, 6) is 0.277. The number of aromatic hydroxyl groups is 1. The first kappa shape index (κ1) is 15.1. The van der Waals surface area contributed by atoms with E-state index in [9.17, 15) is 9.90 Å². The maximum Gasteiger partial charge on any atom is 0.236 e. The number of nitrogens with zero attached hydrogens (tertiary/aromatic N) is 2. The summed E-state index contributed by atoms with van der Waals surface area (Å²) in [7, 11) is 1.85. The van der Waals surface area contributed by atoms with Gasteiger partial charge in [-0.2, -0.15) is 0 Å². The number of rotatable bonds is 4. The molecule has 0 unspecified atom stereocenters. The number of phenolic OH excluding ortho intramolecular Hbond substituents is 1. The molecule has 1 heterocycles. The number of hydrogen-bond donors (Lipinski definition) is 2. The smallest absolute Gasteiger partial charge is 0.236 e. The maximum absolute atomic E-state index is 12.1. The molecule has 0 bridgehead atoms. The number of piperazine rings is 1. The van der Waals surface area contributed by atoms with Gasteiger partial charge >= 0.3 is 0 Å². The van der Waals surface area contributed by atoms with Gasteiger partial charge < -0.3 is 15.3 Å². The molecule has 0 radical (unpaired) electrons. The van der Waals surface area contributed by atoms with Crippen molar-refractivity contribution in [3.63, 3.8) is 0 Å². The van der Waals surface area contributed by atoms with Crippen molar-refractivity contribution in [2.75, 3.05) is 39.8 Å². The van der Waals surface area contributed by atoms with Crippen molar-refractivity contribution in [3.8, 4) is 5.75 Å². The SMILES string of the molecule is CN(CC(=O)N1CCNCC1)Cc1c(O)cccc1Cl. The highest BCUT2D eigenvalue weighted by Gasteiger charge is 2.18. The predicted octanol–water partition coefficient (Wildman–Crippen LogP) is 0.909. The Kier molecular flexibility index (Phi) is 5.23. The number of nitrogens with one attached hydrogen (secondary N) is 1. The molecule has 1 aromatic rings. The van der Waals surface area contributed by atoms with Crippen molar-refractivity contribution in [1.82, 2.24) is 15.1 Å². The molecule has 1 aliphatic rings. The van der Waals surface area contributed by atoms with Crippen molar-refractivity contribution >= 4 is 17.5 Å². The molecule has 2 rings (SSSR count). The quantitative estimate of drug-likeness (QED) is 0.867. The molecule has 0 aromatic heterocycles. The molecule has 2 N–H and O–H groups in total. The van der Waals surface area contributed by atoms with Gasteiger partial charge in [0.05, 0.1) is 6.54 Å². The highest BCUT2D eigenvalue weighted by molar-refractivity contribution is 6.31. The number of phenols is 1. The largest absolute Gasteiger partial charge is 0.508 e. The summed E-state index contributed by atoms with van der Waals surface area (Å²) in [5, 5.41) is 13.5. The van der Waals surface area contributed by atoms with E-state index in [0.717, 1.165) is 26.2 Å². The summed E-state index contributed by atoms with van der Waals surface area (Å²) in [6, 6.07) is 5.04. The first-order valence-corrected chi connectivity index (χ1v) is 7.09. The molecule has 1 aromatic carbocycles. The molecule has 1 fully saturated rings. The van der Waals surface area contributed by atoms with E-state index < -0.39 is 0 Å². The van der Waals surface area contributed by atoms with Gasteiger partial charge in [0.2, 0.25) is 5.91 Å². The van der Waals surface area contributed by atoms with Crippen LogP contribution in [-0.4, -0.2) is 60.6 Å². The molecule has 0 aliphatic carbocycles. The van der Waals surface area contributed by atoms with Gasteiger partial charge in [0.25, 0.3) is 0 Å². The van der Waals surface area contributed by atoms with Crippen LogP contribution in [0.2, 0.25) is 5.02 Å². The fraction of sp³-hybridized carbons (Fsp3) is 0.500. The molecular weight excluding hydrogens is 278 g/mol. The van der Waals surface area contributed by atoms with E-state index in [4.69, 9.17) is 11.6 Å². The van der Waals surface area contributed by atoms with Crippen LogP contribution in [0.3, 0.4) is 0 Å². The van der Waals surface area contributed by atoms with E-state index in [1.165, 1.54) is 0 Å². The van der Waals surface area contributed by atoms with Crippen LogP contribution in [0.5, 0.6) is 5.75 Å². The van der Waals surface area contributed by atoms with Crippen molar-refractivity contribution in [2.45, 2.75) is 6.54 Å². The number of carbonyl (C=O) groups excluding carboxylic acids is 1. The highest BCUT2D eigenvalue weighted by Crippen LogP contribution is 2.26. The molecule has 0 spiro atoms. The first-order valence-electron chi connectivity index (χ1n) is 6.71. The van der Waals surface area contributed by atoms with Crippen molar-refractivity contribution in [3.05, 3.63) is 28.8 Å². The van der Waals surface area contributed by atoms with E-state index in [0.29, 0.717) is 23.7 Å². The lowest BCUT2D eigenvalue weighted by Gasteiger charge is -2.29. The molecule has 1 aliphatic heterocycles. The van der Waals surface area contributed by atoms with Crippen LogP contribution in [0.15, 0.2) is 18.2 Å². The minimum absolute atomic E-state index is 0.112. The number of hydrogen-bond acceptors (Lipinski definition) is 4. The minimum atomic E-state index is 0.112. The van der Waals surface area contributed by atoms with Crippen LogP contribution in [0, 0.1) is 0 Å². The first-order chi connectivity index (χ1) is 9.58. The summed E-state index contributed by atoms with van der Waals surface area (Å²) < 4.78 is 0. The third kappa shape index (κ3) is 3.85. The molecule has 1 amide bonds. The van der Waals surface area contributed by atoms with Crippen LogP contribution in [0.25, 0.3) is 0 Å². The summed E-state index contributed by atoms with van der Waals surface area (Å²) in [5.41, 5.74) is 0.657. The van der Waals surface area contributed by atoms with Gasteiger partial charge in [-0.1, -0.05) is 17.7 Å². The Hall–Kier alpha value is -1.30.